The average Bonchev–Trinajstić information content (AvgIpc) is 2.93. The van der Waals surface area contributed by atoms with Gasteiger partial charge in [-0.25, -0.2) is 22.7 Å². The van der Waals surface area contributed by atoms with Crippen LogP contribution in [-0.2, 0) is 0 Å². The molecule has 0 N–H and O–H groups in total. The lowest BCUT2D eigenvalue weighted by Crippen LogP contribution is -2.11. The van der Waals surface area contributed by atoms with Gasteiger partial charge in [-0.15, -0.1) is 0 Å². The maximum absolute atomic E-state index is 14.3. The van der Waals surface area contributed by atoms with E-state index >= 15 is 0 Å². The molecule has 4 nitrogen and oxygen atoms in total. The molecule has 0 radical (unpaired) electrons. The predicted molar refractivity (Wildman–Crippen MR) is 79.5 cm³/mol. The normalized spacial score (nSPS) is 12.8. The van der Waals surface area contributed by atoms with Crippen molar-refractivity contribution in [2.75, 3.05) is 0 Å². The summed E-state index contributed by atoms with van der Waals surface area (Å²) < 4.78 is 43.3. The van der Waals surface area contributed by atoms with Crippen molar-refractivity contribution < 1.29 is 13.2 Å². The third kappa shape index (κ3) is 2.46. The molecule has 2 aromatic heterocycles. The fourth-order valence-corrected chi connectivity index (χ4v) is 2.72. The van der Waals surface area contributed by atoms with Crippen molar-refractivity contribution in [1.82, 2.24) is 19.6 Å². The molecule has 0 saturated heterocycles. The third-order valence-electron chi connectivity index (χ3n) is 3.98. The molecule has 3 aromatic rings. The minimum atomic E-state index is -0.962. The Hall–Kier alpha value is -2.44. The van der Waals surface area contributed by atoms with Gasteiger partial charge >= 0.3 is 0 Å². The highest BCUT2D eigenvalue weighted by molar-refractivity contribution is 5.71. The van der Waals surface area contributed by atoms with E-state index in [1.54, 1.807) is 6.92 Å². The number of nitrogens with zero attached hydrogens (tertiary/aromatic N) is 4. The number of hydrogen-bond donors (Lipinski definition) is 0. The maximum atomic E-state index is 14.3. The summed E-state index contributed by atoms with van der Waals surface area (Å²) in [5.41, 5.74) is 1.04. The van der Waals surface area contributed by atoms with Gasteiger partial charge in [0.05, 0.1) is 17.0 Å². The number of halogens is 3. The van der Waals surface area contributed by atoms with Crippen LogP contribution in [0.3, 0.4) is 0 Å². The van der Waals surface area contributed by atoms with Gasteiger partial charge < -0.3 is 0 Å². The first kappa shape index (κ1) is 15.5. The standard InChI is InChI=1S/C16H15F3N4/c1-4-8(2)15-13(9(3)22-16-20-7-21-23(15)16)14-11(18)5-10(17)6-12(14)19/h5-8H,4H2,1-3H3. The first-order valence-electron chi connectivity index (χ1n) is 7.29. The summed E-state index contributed by atoms with van der Waals surface area (Å²) in [6.45, 7) is 5.54. The summed E-state index contributed by atoms with van der Waals surface area (Å²) >= 11 is 0. The van der Waals surface area contributed by atoms with Gasteiger partial charge in [0.15, 0.2) is 0 Å². The molecule has 23 heavy (non-hydrogen) atoms. The second kappa shape index (κ2) is 5.64. The molecule has 0 aliphatic heterocycles. The maximum Gasteiger partial charge on any atom is 0.252 e. The van der Waals surface area contributed by atoms with Crippen LogP contribution in [0.25, 0.3) is 16.9 Å². The van der Waals surface area contributed by atoms with Crippen LogP contribution in [-0.4, -0.2) is 19.6 Å². The monoisotopic (exact) mass is 320 g/mol. The fourth-order valence-electron chi connectivity index (χ4n) is 2.72. The first-order valence-corrected chi connectivity index (χ1v) is 7.29. The zero-order valence-corrected chi connectivity index (χ0v) is 12.9. The lowest BCUT2D eigenvalue weighted by Gasteiger charge is -2.19. The summed E-state index contributed by atoms with van der Waals surface area (Å²) in [6.07, 6.45) is 2.07. The minimum absolute atomic E-state index is 0.0419. The summed E-state index contributed by atoms with van der Waals surface area (Å²) in [5.74, 6) is -2.56. The van der Waals surface area contributed by atoms with Gasteiger partial charge in [-0.2, -0.15) is 10.1 Å². The van der Waals surface area contributed by atoms with E-state index in [9.17, 15) is 13.2 Å². The predicted octanol–water partition coefficient (Wildman–Crippen LogP) is 4.03. The highest BCUT2D eigenvalue weighted by atomic mass is 19.1. The van der Waals surface area contributed by atoms with E-state index in [2.05, 4.69) is 15.1 Å². The van der Waals surface area contributed by atoms with Gasteiger partial charge in [0.25, 0.3) is 5.78 Å². The molecule has 0 fully saturated rings. The van der Waals surface area contributed by atoms with Crippen LogP contribution in [0.2, 0.25) is 0 Å². The van der Waals surface area contributed by atoms with Gasteiger partial charge in [-0.1, -0.05) is 13.8 Å². The van der Waals surface area contributed by atoms with Gasteiger partial charge in [-0.05, 0) is 19.3 Å². The van der Waals surface area contributed by atoms with E-state index in [4.69, 9.17) is 0 Å². The molecule has 0 aliphatic carbocycles. The van der Waals surface area contributed by atoms with Crippen LogP contribution >= 0.6 is 0 Å². The van der Waals surface area contributed by atoms with Gasteiger partial charge in [0.2, 0.25) is 0 Å². The van der Waals surface area contributed by atoms with Crippen molar-refractivity contribution in [3.8, 4) is 11.1 Å². The Balaban J connectivity index is 2.44. The van der Waals surface area contributed by atoms with E-state index < -0.39 is 17.5 Å². The Morgan fingerprint density at radius 1 is 1.13 bits per heavy atom. The molecule has 0 bridgehead atoms. The van der Waals surface area contributed by atoms with Crippen LogP contribution in [0.4, 0.5) is 13.2 Å². The number of fused-ring (bicyclic) bond motifs is 1. The quantitative estimate of drug-likeness (QED) is 0.732. The molecular weight excluding hydrogens is 305 g/mol. The van der Waals surface area contributed by atoms with Crippen molar-refractivity contribution in [1.29, 1.82) is 0 Å². The lowest BCUT2D eigenvalue weighted by atomic mass is 9.93. The zero-order valence-electron chi connectivity index (χ0n) is 12.9. The number of aromatic nitrogens is 4. The highest BCUT2D eigenvalue weighted by Gasteiger charge is 2.25. The molecule has 1 atom stereocenters. The van der Waals surface area contributed by atoms with Gasteiger partial charge in [0, 0.05) is 17.7 Å². The van der Waals surface area contributed by atoms with Crippen molar-refractivity contribution in [3.05, 3.63) is 47.3 Å². The van der Waals surface area contributed by atoms with Crippen molar-refractivity contribution in [2.45, 2.75) is 33.1 Å². The molecular formula is C16H15F3N4. The van der Waals surface area contributed by atoms with Crippen LogP contribution in [0, 0.1) is 24.4 Å². The largest absolute Gasteiger partial charge is 0.252 e. The Kier molecular flexibility index (Phi) is 3.79. The number of hydrogen-bond acceptors (Lipinski definition) is 3. The Labute approximate surface area is 131 Å². The first-order chi connectivity index (χ1) is 10.9. The smallest absolute Gasteiger partial charge is 0.216 e. The molecule has 0 saturated carbocycles. The number of rotatable bonds is 3. The van der Waals surface area contributed by atoms with E-state index in [0.29, 0.717) is 34.9 Å². The molecule has 3 rings (SSSR count). The Bertz CT molecular complexity index is 865. The molecule has 0 spiro atoms. The van der Waals surface area contributed by atoms with E-state index in [1.165, 1.54) is 10.8 Å². The van der Waals surface area contributed by atoms with Crippen LogP contribution in [0.15, 0.2) is 18.5 Å². The van der Waals surface area contributed by atoms with Crippen LogP contribution in [0.5, 0.6) is 0 Å². The second-order valence-electron chi connectivity index (χ2n) is 5.48. The molecule has 1 unspecified atom stereocenters. The fraction of sp³-hybridized carbons (Fsp3) is 0.312. The molecule has 1 aromatic carbocycles. The minimum Gasteiger partial charge on any atom is -0.216 e. The van der Waals surface area contributed by atoms with E-state index in [0.717, 1.165) is 6.42 Å². The van der Waals surface area contributed by atoms with E-state index in [1.807, 2.05) is 13.8 Å². The van der Waals surface area contributed by atoms with Crippen LogP contribution < -0.4 is 0 Å². The number of benzene rings is 1. The Morgan fingerprint density at radius 3 is 2.39 bits per heavy atom. The van der Waals surface area contributed by atoms with Crippen molar-refractivity contribution >= 4 is 5.78 Å². The summed E-state index contributed by atoms with van der Waals surface area (Å²) in [5, 5.41) is 4.12. The third-order valence-corrected chi connectivity index (χ3v) is 3.98. The van der Waals surface area contributed by atoms with Crippen LogP contribution in [0.1, 0.15) is 37.6 Å². The molecule has 0 aliphatic rings. The molecule has 0 amide bonds. The highest BCUT2D eigenvalue weighted by Crippen LogP contribution is 2.36. The molecule has 2 heterocycles. The average molecular weight is 320 g/mol. The van der Waals surface area contributed by atoms with Crippen molar-refractivity contribution in [3.63, 3.8) is 0 Å². The second-order valence-corrected chi connectivity index (χ2v) is 5.48. The van der Waals surface area contributed by atoms with Gasteiger partial charge in [-0.3, -0.25) is 0 Å². The Morgan fingerprint density at radius 2 is 1.78 bits per heavy atom. The summed E-state index contributed by atoms with van der Waals surface area (Å²) in [7, 11) is 0. The number of aryl methyl sites for hydroxylation is 1. The lowest BCUT2D eigenvalue weighted by molar-refractivity contribution is 0.546. The van der Waals surface area contributed by atoms with Crippen molar-refractivity contribution in [2.24, 2.45) is 0 Å². The summed E-state index contributed by atoms with van der Waals surface area (Å²) in [6, 6.07) is 1.34. The SMILES string of the molecule is CCC(C)c1c(-c2c(F)cc(F)cc2F)c(C)nc2ncnn12. The zero-order chi connectivity index (χ0) is 16.7. The molecule has 7 heteroatoms. The topological polar surface area (TPSA) is 43.1 Å². The summed E-state index contributed by atoms with van der Waals surface area (Å²) in [4.78, 5) is 8.30. The van der Waals surface area contributed by atoms with E-state index in [-0.39, 0.29) is 11.5 Å². The van der Waals surface area contributed by atoms with Gasteiger partial charge in [0.1, 0.15) is 23.8 Å². The molecule has 120 valence electrons.